The third-order valence-corrected chi connectivity index (χ3v) is 2.23. The maximum atomic E-state index is 11.2. The molecular formula is C9H14O2. The zero-order valence-electron chi connectivity index (χ0n) is 6.93. The monoisotopic (exact) mass is 154 g/mol. The fourth-order valence-corrected chi connectivity index (χ4v) is 1.25. The van der Waals surface area contributed by atoms with E-state index in [-0.39, 0.29) is 17.5 Å². The predicted octanol–water partition coefficient (Wildman–Crippen LogP) is 1.72. The van der Waals surface area contributed by atoms with Crippen LogP contribution < -0.4 is 0 Å². The summed E-state index contributed by atoms with van der Waals surface area (Å²) in [5, 5.41) is 0. The first-order chi connectivity index (χ1) is 5.25. The van der Waals surface area contributed by atoms with Gasteiger partial charge >= 0.3 is 0 Å². The molecule has 1 aliphatic rings. The molecule has 1 saturated carbocycles. The van der Waals surface area contributed by atoms with E-state index in [0.29, 0.717) is 6.42 Å². The highest BCUT2D eigenvalue weighted by Gasteiger charge is 2.29. The number of rotatable bonds is 4. The number of carbonyl (C=O) groups is 2. The van der Waals surface area contributed by atoms with Crippen LogP contribution >= 0.6 is 0 Å². The Bertz CT molecular complexity index is 168. The van der Waals surface area contributed by atoms with Gasteiger partial charge in [-0.25, -0.2) is 0 Å². The van der Waals surface area contributed by atoms with Gasteiger partial charge in [0.05, 0.1) is 0 Å². The van der Waals surface area contributed by atoms with E-state index in [1.165, 1.54) is 0 Å². The summed E-state index contributed by atoms with van der Waals surface area (Å²) in [6.45, 7) is 1.92. The van der Waals surface area contributed by atoms with Gasteiger partial charge in [-0.05, 0) is 19.3 Å². The molecule has 0 bridgehead atoms. The van der Waals surface area contributed by atoms with Gasteiger partial charge in [0.15, 0.2) is 5.78 Å². The van der Waals surface area contributed by atoms with Crippen molar-refractivity contribution in [1.82, 2.24) is 0 Å². The summed E-state index contributed by atoms with van der Waals surface area (Å²) in [5.74, 6) is -0.177. The lowest BCUT2D eigenvalue weighted by molar-refractivity contribution is -0.140. The van der Waals surface area contributed by atoms with Gasteiger partial charge in [-0.1, -0.05) is 13.3 Å². The Morgan fingerprint density at radius 2 is 2.00 bits per heavy atom. The van der Waals surface area contributed by atoms with Gasteiger partial charge in [0, 0.05) is 12.3 Å². The molecule has 2 nitrogen and oxygen atoms in total. The number of ketones is 2. The summed E-state index contributed by atoms with van der Waals surface area (Å²) < 4.78 is 0. The molecule has 0 spiro atoms. The topological polar surface area (TPSA) is 34.1 Å². The number of Topliss-reactive ketones (excluding diaryl/α,β-unsaturated/α-hetero) is 2. The van der Waals surface area contributed by atoms with E-state index in [9.17, 15) is 9.59 Å². The molecule has 0 radical (unpaired) electrons. The van der Waals surface area contributed by atoms with Gasteiger partial charge in [0.1, 0.15) is 0 Å². The smallest absolute Gasteiger partial charge is 0.201 e. The Labute approximate surface area is 67.0 Å². The van der Waals surface area contributed by atoms with E-state index < -0.39 is 0 Å². The van der Waals surface area contributed by atoms with E-state index in [2.05, 4.69) is 0 Å². The van der Waals surface area contributed by atoms with Gasteiger partial charge in [0.2, 0.25) is 5.78 Å². The van der Waals surface area contributed by atoms with Crippen LogP contribution in [0, 0.1) is 5.92 Å². The van der Waals surface area contributed by atoms with Crippen molar-refractivity contribution in [2.24, 2.45) is 5.92 Å². The molecule has 0 heterocycles. The van der Waals surface area contributed by atoms with Crippen LogP contribution in [0.3, 0.4) is 0 Å². The van der Waals surface area contributed by atoms with Crippen LogP contribution in [0.1, 0.15) is 39.0 Å². The maximum absolute atomic E-state index is 11.2. The molecule has 0 aliphatic heterocycles. The Morgan fingerprint density at radius 1 is 1.36 bits per heavy atom. The molecule has 0 aromatic rings. The Balaban J connectivity index is 2.33. The Hall–Kier alpha value is -0.660. The molecule has 0 atom stereocenters. The zero-order valence-corrected chi connectivity index (χ0v) is 6.93. The third kappa shape index (κ3) is 1.88. The summed E-state index contributed by atoms with van der Waals surface area (Å²) in [5.41, 5.74) is 0. The van der Waals surface area contributed by atoms with Gasteiger partial charge in [0.25, 0.3) is 0 Å². The van der Waals surface area contributed by atoms with Crippen LogP contribution in [0.4, 0.5) is 0 Å². The van der Waals surface area contributed by atoms with Crippen LogP contribution in [0.15, 0.2) is 0 Å². The van der Waals surface area contributed by atoms with E-state index in [1.807, 2.05) is 6.92 Å². The first kappa shape index (κ1) is 8.44. The second-order valence-corrected chi connectivity index (χ2v) is 3.17. The Morgan fingerprint density at radius 3 is 2.36 bits per heavy atom. The quantitative estimate of drug-likeness (QED) is 0.578. The second-order valence-electron chi connectivity index (χ2n) is 3.17. The average Bonchev–Trinajstić information content (AvgIpc) is 1.84. The molecule has 2 heteroatoms. The molecule has 0 aromatic carbocycles. The highest BCUT2D eigenvalue weighted by Crippen LogP contribution is 2.27. The summed E-state index contributed by atoms with van der Waals surface area (Å²) in [6.07, 6.45) is 4.23. The van der Waals surface area contributed by atoms with Crippen LogP contribution in [0.2, 0.25) is 0 Å². The largest absolute Gasteiger partial charge is 0.291 e. The first-order valence-corrected chi connectivity index (χ1v) is 4.32. The van der Waals surface area contributed by atoms with E-state index in [1.54, 1.807) is 0 Å². The molecule has 0 aromatic heterocycles. The number of hydrogen-bond acceptors (Lipinski definition) is 2. The molecule has 62 valence electrons. The lowest BCUT2D eigenvalue weighted by atomic mass is 9.80. The van der Waals surface area contributed by atoms with Crippen molar-refractivity contribution in [2.75, 3.05) is 0 Å². The lowest BCUT2D eigenvalue weighted by Crippen LogP contribution is -2.28. The number of hydrogen-bond donors (Lipinski definition) is 0. The minimum Gasteiger partial charge on any atom is -0.291 e. The van der Waals surface area contributed by atoms with E-state index >= 15 is 0 Å². The zero-order chi connectivity index (χ0) is 8.27. The van der Waals surface area contributed by atoms with Crippen molar-refractivity contribution in [1.29, 1.82) is 0 Å². The molecule has 0 amide bonds. The molecule has 1 aliphatic carbocycles. The first-order valence-electron chi connectivity index (χ1n) is 4.32. The molecule has 11 heavy (non-hydrogen) atoms. The highest BCUT2D eigenvalue weighted by molar-refractivity contribution is 6.38. The minimum atomic E-state index is -0.155. The standard InChI is InChI=1S/C9H14O2/c1-2-4-8(10)9(11)7-5-3-6-7/h7H,2-6H2,1H3. The second kappa shape index (κ2) is 3.65. The van der Waals surface area contributed by atoms with E-state index in [4.69, 9.17) is 0 Å². The SMILES string of the molecule is CCCC(=O)C(=O)C1CCC1. The van der Waals surface area contributed by atoms with Crippen LogP contribution in [-0.4, -0.2) is 11.6 Å². The van der Waals surface area contributed by atoms with Crippen LogP contribution in [-0.2, 0) is 9.59 Å². The van der Waals surface area contributed by atoms with Crippen molar-refractivity contribution in [3.63, 3.8) is 0 Å². The fraction of sp³-hybridized carbons (Fsp3) is 0.778. The highest BCUT2D eigenvalue weighted by atomic mass is 16.2. The van der Waals surface area contributed by atoms with Crippen molar-refractivity contribution in [3.8, 4) is 0 Å². The van der Waals surface area contributed by atoms with Gasteiger partial charge < -0.3 is 0 Å². The average molecular weight is 154 g/mol. The number of carbonyl (C=O) groups excluding carboxylic acids is 2. The lowest BCUT2D eigenvalue weighted by Gasteiger charge is -2.22. The van der Waals surface area contributed by atoms with Crippen molar-refractivity contribution < 1.29 is 9.59 Å². The van der Waals surface area contributed by atoms with E-state index in [0.717, 1.165) is 25.7 Å². The summed E-state index contributed by atoms with van der Waals surface area (Å²) in [4.78, 5) is 22.2. The van der Waals surface area contributed by atoms with Crippen molar-refractivity contribution in [3.05, 3.63) is 0 Å². The van der Waals surface area contributed by atoms with Crippen LogP contribution in [0.5, 0.6) is 0 Å². The molecule has 0 unspecified atom stereocenters. The Kier molecular flexibility index (Phi) is 2.80. The van der Waals surface area contributed by atoms with Crippen LogP contribution in [0.25, 0.3) is 0 Å². The maximum Gasteiger partial charge on any atom is 0.201 e. The predicted molar refractivity (Wildman–Crippen MR) is 42.3 cm³/mol. The summed E-state index contributed by atoms with van der Waals surface area (Å²) in [7, 11) is 0. The molecule has 0 saturated heterocycles. The van der Waals surface area contributed by atoms with Crippen molar-refractivity contribution >= 4 is 11.6 Å². The summed E-state index contributed by atoms with van der Waals surface area (Å²) >= 11 is 0. The minimum absolute atomic E-state index is 0.0917. The van der Waals surface area contributed by atoms with Gasteiger partial charge in [-0.2, -0.15) is 0 Å². The molecular weight excluding hydrogens is 140 g/mol. The van der Waals surface area contributed by atoms with Gasteiger partial charge in [-0.3, -0.25) is 9.59 Å². The van der Waals surface area contributed by atoms with Crippen molar-refractivity contribution in [2.45, 2.75) is 39.0 Å². The fourth-order valence-electron chi connectivity index (χ4n) is 1.25. The molecule has 1 fully saturated rings. The molecule has 1 rings (SSSR count). The third-order valence-electron chi connectivity index (χ3n) is 2.23. The van der Waals surface area contributed by atoms with Gasteiger partial charge in [-0.15, -0.1) is 0 Å². The normalized spacial score (nSPS) is 17.5. The molecule has 0 N–H and O–H groups in total. The summed E-state index contributed by atoms with van der Waals surface area (Å²) in [6, 6.07) is 0.